The van der Waals surface area contributed by atoms with Crippen molar-refractivity contribution >= 4 is 23.7 Å². The van der Waals surface area contributed by atoms with Crippen LogP contribution in [0.3, 0.4) is 0 Å². The highest BCUT2D eigenvalue weighted by Gasteiger charge is 2.64. The van der Waals surface area contributed by atoms with Crippen LogP contribution in [-0.2, 0) is 99.7 Å². The van der Waals surface area contributed by atoms with Crippen LogP contribution in [0.2, 0.25) is 0 Å². The van der Waals surface area contributed by atoms with Crippen molar-refractivity contribution in [1.29, 1.82) is 0 Å². The fourth-order valence-corrected chi connectivity index (χ4v) is 14.8. The van der Waals surface area contributed by atoms with Crippen LogP contribution in [0.15, 0.2) is 0 Å². The molecule has 0 aliphatic carbocycles. The molecule has 113 heavy (non-hydrogen) atoms. The standard InChI is InChI=1S/C63H105N3O47/c1-14-30(79)36(85)40(89)57(97-14)108-49-28(65-17(4)75)55(110-51-33(82)21(8-68)100-59(42(51)91)105-45-24(11-71)99-54(94)39(88)38(45)87)103-25(12-72)46(49)106-60-43(92)52(34(83)22(9-69)101-60)111-56-29(66-18(5)76)50(109-58-41(90)37(86)31(80)15(2)98-58)47(26(13-73)104-56)107-61-44(93)53(35(84)23(10-70)102-61)113-63(62(95)96)6-19(77)27(64-16(3)74)48(112-63)32(81)20(78)7-67/h14-15,19-61,67-73,77-94H,6-13H2,1-5H3,(H,64,74)(H,65,75)(H,66,76)(H,95,96)/t14-,15-,19-,20+,21+,22+,23+,24+,25+,26+,27+,28+,29+,30+,31+,32+,33-,34-,35-,36+,37+,38+,39+,40-,41-,42+,43+,44+,45+,46+,47+,48+,49+,50+,51-,52-,53-,54?,55-,56-,57-,58-,59-,60-,61-,63-/m0/s1. The molecule has 9 fully saturated rings. The van der Waals surface area contributed by atoms with Crippen LogP contribution < -0.4 is 16.0 Å². The maximum Gasteiger partial charge on any atom is 0.364 e. The molecule has 50 heteroatoms. The number of aliphatic hydroxyl groups is 25. The zero-order chi connectivity index (χ0) is 83.6. The number of nitrogens with one attached hydrogen (secondary N) is 3. The van der Waals surface area contributed by atoms with E-state index in [1.165, 1.54) is 13.8 Å². The van der Waals surface area contributed by atoms with Crippen LogP contribution in [0.4, 0.5) is 0 Å². The first-order valence-electron chi connectivity index (χ1n) is 36.0. The lowest BCUT2D eigenvalue weighted by molar-refractivity contribution is -0.403. The largest absolute Gasteiger partial charge is 0.477 e. The molecule has 0 aromatic rings. The summed E-state index contributed by atoms with van der Waals surface area (Å²) in [5.74, 6) is -8.48. The SMILES string of the molecule is CC(=O)N[C@H]1[C@H](O[C@H]2[C@@H](O)[C@@H](CO)O[C@@H](O[C@H]3[C@H](O)[C@@H](O)C(O)O[C@@H]3CO)[C@@H]2O)O[C@H](CO)[C@@H](O[C@@H]2O[C@H](CO)[C@H](O)[C@H](O[C@@H]3O[C@H](CO)[C@@H](O[C@@H]4O[C@H](CO)[C@H](O)[C@H](O[C@]5(C(=O)O)C[C@H](O)[C@@H](NC(C)=O)[C@H]([C@H](O)[C@H](O)CO)O5)[C@H]4O)[C@H](O[C@@H]4O[C@@H](C)[C@@H](O)[C@@H](O)[C@@H]4O)[C@H]3NC(C)=O)[C@H]2O)[C@@H]1O[C@@H]1O[C@@H](C)[C@@H](O)[C@@H](O)[C@@H]1O. The molecule has 46 atom stereocenters. The van der Waals surface area contributed by atoms with Gasteiger partial charge in [0.25, 0.3) is 5.79 Å². The molecule has 50 nitrogen and oxygen atoms in total. The Labute approximate surface area is 639 Å². The summed E-state index contributed by atoms with van der Waals surface area (Å²) in [6.07, 6.45) is -90.9. The first-order valence-corrected chi connectivity index (χ1v) is 36.0. The highest BCUT2D eigenvalue weighted by Crippen LogP contribution is 2.43. The van der Waals surface area contributed by atoms with E-state index in [9.17, 15) is 152 Å². The molecule has 9 heterocycles. The van der Waals surface area contributed by atoms with E-state index < -0.39 is 358 Å². The van der Waals surface area contributed by atoms with Gasteiger partial charge >= 0.3 is 5.97 Å². The van der Waals surface area contributed by atoms with Crippen molar-refractivity contribution < 1.29 is 232 Å². The average Bonchev–Trinajstić information content (AvgIpc) is 0.748. The van der Waals surface area contributed by atoms with Gasteiger partial charge < -0.3 is 229 Å². The van der Waals surface area contributed by atoms with E-state index in [-0.39, 0.29) is 0 Å². The molecule has 0 spiro atoms. The highest BCUT2D eigenvalue weighted by molar-refractivity contribution is 5.77. The number of hydrogen-bond donors (Lipinski definition) is 29. The Bertz CT molecular complexity index is 3040. The molecule has 9 aliphatic heterocycles. The third-order valence-corrected chi connectivity index (χ3v) is 20.9. The lowest BCUT2D eigenvalue weighted by Crippen LogP contribution is -2.72. The fraction of sp³-hybridized carbons (Fsp3) is 0.937. The van der Waals surface area contributed by atoms with E-state index in [2.05, 4.69) is 16.0 Å². The number of carbonyl (C=O) groups excluding carboxylic acids is 3. The number of carbonyl (C=O) groups is 4. The Morgan fingerprint density at radius 2 is 0.690 bits per heavy atom. The molecule has 9 aliphatic rings. The van der Waals surface area contributed by atoms with Crippen molar-refractivity contribution in [2.45, 2.75) is 323 Å². The van der Waals surface area contributed by atoms with E-state index in [1.807, 2.05) is 0 Å². The minimum absolute atomic E-state index is 0.879. The Morgan fingerprint density at radius 3 is 1.06 bits per heavy atom. The lowest BCUT2D eigenvalue weighted by atomic mass is 9.88. The monoisotopic (exact) mass is 1660 g/mol. The fourth-order valence-electron chi connectivity index (χ4n) is 14.8. The maximum absolute atomic E-state index is 13.6. The normalized spacial score (nSPS) is 49.2. The summed E-state index contributed by atoms with van der Waals surface area (Å²) in [6.45, 7) is -3.25. The smallest absolute Gasteiger partial charge is 0.364 e. The topological polar surface area (TPSA) is 787 Å². The number of carboxylic acids is 1. The Hall–Kier alpha value is -3.80. The number of aliphatic carboxylic acids is 1. The van der Waals surface area contributed by atoms with Gasteiger partial charge in [-0.05, 0) is 13.8 Å². The third kappa shape index (κ3) is 20.0. The summed E-state index contributed by atoms with van der Waals surface area (Å²) < 4.78 is 101. The van der Waals surface area contributed by atoms with Gasteiger partial charge in [0.05, 0.1) is 70.6 Å². The van der Waals surface area contributed by atoms with Crippen LogP contribution in [-0.4, -0.2) is 484 Å². The Morgan fingerprint density at radius 1 is 0.363 bits per heavy atom. The molecule has 29 N–H and O–H groups in total. The van der Waals surface area contributed by atoms with Gasteiger partial charge in [0.15, 0.2) is 50.3 Å². The zero-order valence-corrected chi connectivity index (χ0v) is 60.8. The summed E-state index contributed by atoms with van der Waals surface area (Å²) in [5.41, 5.74) is 0. The minimum atomic E-state index is -3.34. The molecule has 654 valence electrons. The van der Waals surface area contributed by atoms with Gasteiger partial charge in [0, 0.05) is 27.2 Å². The predicted molar refractivity (Wildman–Crippen MR) is 346 cm³/mol. The van der Waals surface area contributed by atoms with E-state index in [0.29, 0.717) is 0 Å². The van der Waals surface area contributed by atoms with Crippen molar-refractivity contribution in [1.82, 2.24) is 16.0 Å². The second kappa shape index (κ2) is 39.6. The molecule has 0 saturated carbocycles. The van der Waals surface area contributed by atoms with E-state index in [1.54, 1.807) is 0 Å². The van der Waals surface area contributed by atoms with Crippen LogP contribution in [0.1, 0.15) is 41.0 Å². The number of amides is 3. The first-order chi connectivity index (χ1) is 53.2. The van der Waals surface area contributed by atoms with Crippen molar-refractivity contribution in [3.05, 3.63) is 0 Å². The number of carboxylic acid groups (broad SMARTS) is 1. The molecule has 0 radical (unpaired) electrons. The number of hydrogen-bond acceptors (Lipinski definition) is 46. The Balaban J connectivity index is 1.06. The molecular formula is C63H105N3O47. The highest BCUT2D eigenvalue weighted by atomic mass is 16.8. The maximum atomic E-state index is 13.6. The van der Waals surface area contributed by atoms with Gasteiger partial charge in [-0.25, -0.2) is 4.79 Å². The zero-order valence-electron chi connectivity index (χ0n) is 60.8. The summed E-state index contributed by atoms with van der Waals surface area (Å²) in [6, 6.07) is -5.94. The number of rotatable bonds is 29. The van der Waals surface area contributed by atoms with Gasteiger partial charge in [0.1, 0.15) is 201 Å². The van der Waals surface area contributed by atoms with Gasteiger partial charge in [-0.2, -0.15) is 0 Å². The van der Waals surface area contributed by atoms with Crippen molar-refractivity contribution in [2.75, 3.05) is 46.2 Å². The van der Waals surface area contributed by atoms with Crippen LogP contribution in [0.25, 0.3) is 0 Å². The van der Waals surface area contributed by atoms with E-state index in [0.717, 1.165) is 20.8 Å². The molecule has 3 amide bonds. The molecule has 9 saturated heterocycles. The quantitative estimate of drug-likeness (QED) is 0.0331. The summed E-state index contributed by atoms with van der Waals surface area (Å²) in [7, 11) is 0. The van der Waals surface area contributed by atoms with Crippen LogP contribution in [0.5, 0.6) is 0 Å². The van der Waals surface area contributed by atoms with Gasteiger partial charge in [-0.15, -0.1) is 0 Å². The summed E-state index contributed by atoms with van der Waals surface area (Å²) in [5, 5.41) is 295. The van der Waals surface area contributed by atoms with Gasteiger partial charge in [-0.3, -0.25) is 14.4 Å². The Kier molecular flexibility index (Phi) is 32.6. The average molecular weight is 1660 g/mol. The minimum Gasteiger partial charge on any atom is -0.477 e. The van der Waals surface area contributed by atoms with Crippen molar-refractivity contribution in [3.63, 3.8) is 0 Å². The van der Waals surface area contributed by atoms with E-state index in [4.69, 9.17) is 80.5 Å². The molecule has 0 aromatic heterocycles. The van der Waals surface area contributed by atoms with Gasteiger partial charge in [0.2, 0.25) is 17.7 Å². The molecule has 0 aromatic carbocycles. The second-order valence-corrected chi connectivity index (χ2v) is 28.8. The molecule has 1 unspecified atom stereocenters. The van der Waals surface area contributed by atoms with Crippen LogP contribution in [0, 0.1) is 0 Å². The molecular weight excluding hydrogens is 1550 g/mol. The third-order valence-electron chi connectivity index (χ3n) is 20.9. The summed E-state index contributed by atoms with van der Waals surface area (Å²) in [4.78, 5) is 52.7. The molecule has 0 bridgehead atoms. The van der Waals surface area contributed by atoms with E-state index >= 15 is 0 Å². The second-order valence-electron chi connectivity index (χ2n) is 28.8. The number of ether oxygens (including phenoxy) is 17. The summed E-state index contributed by atoms with van der Waals surface area (Å²) >= 11 is 0. The van der Waals surface area contributed by atoms with Crippen molar-refractivity contribution in [3.8, 4) is 0 Å². The van der Waals surface area contributed by atoms with Crippen molar-refractivity contribution in [2.24, 2.45) is 0 Å². The number of aliphatic hydroxyl groups excluding tert-OH is 25. The predicted octanol–water partition coefficient (Wildman–Crippen LogP) is -18.9. The molecule has 9 rings (SSSR count). The lowest BCUT2D eigenvalue weighted by Gasteiger charge is -2.53. The first kappa shape index (κ1) is 93.1. The van der Waals surface area contributed by atoms with Gasteiger partial charge in [-0.1, -0.05) is 0 Å². The van der Waals surface area contributed by atoms with Crippen LogP contribution >= 0.6 is 0 Å².